The molecular weight excluding hydrogens is 202 g/mol. The summed E-state index contributed by atoms with van der Waals surface area (Å²) in [6.07, 6.45) is 3.24. The smallest absolute Gasteiger partial charge is 0.219 e. The molecule has 1 unspecified atom stereocenters. The van der Waals surface area contributed by atoms with Gasteiger partial charge in [-0.05, 0) is 31.1 Å². The van der Waals surface area contributed by atoms with Crippen molar-refractivity contribution in [2.75, 3.05) is 19.7 Å². The average molecular weight is 225 g/mol. The summed E-state index contributed by atoms with van der Waals surface area (Å²) >= 11 is 0. The minimum Gasteiger partial charge on any atom is -0.375 e. The van der Waals surface area contributed by atoms with Crippen molar-refractivity contribution in [1.29, 1.82) is 0 Å². The quantitative estimate of drug-likeness (QED) is 0.683. The van der Waals surface area contributed by atoms with Gasteiger partial charge < -0.3 is 9.64 Å². The third-order valence-electron chi connectivity index (χ3n) is 4.30. The Kier molecular flexibility index (Phi) is 3.24. The maximum absolute atomic E-state index is 11.3. The van der Waals surface area contributed by atoms with Gasteiger partial charge in [0.1, 0.15) is 0 Å². The van der Waals surface area contributed by atoms with Crippen LogP contribution in [0.2, 0.25) is 0 Å². The third kappa shape index (κ3) is 2.24. The van der Waals surface area contributed by atoms with Crippen LogP contribution in [0, 0.1) is 11.8 Å². The third-order valence-corrected chi connectivity index (χ3v) is 4.30. The predicted molar refractivity (Wildman–Crippen MR) is 63.1 cm³/mol. The fourth-order valence-electron chi connectivity index (χ4n) is 2.89. The van der Waals surface area contributed by atoms with Gasteiger partial charge in [0, 0.05) is 20.0 Å². The largest absolute Gasteiger partial charge is 0.375 e. The fraction of sp³-hybridized carbons (Fsp3) is 0.923. The summed E-state index contributed by atoms with van der Waals surface area (Å²) < 4.78 is 6.05. The molecule has 0 radical (unpaired) electrons. The highest BCUT2D eigenvalue weighted by Crippen LogP contribution is 2.40. The van der Waals surface area contributed by atoms with Gasteiger partial charge in [-0.3, -0.25) is 4.79 Å². The first-order valence-electron chi connectivity index (χ1n) is 6.42. The van der Waals surface area contributed by atoms with Crippen molar-refractivity contribution in [3.8, 4) is 0 Å². The van der Waals surface area contributed by atoms with Crippen molar-refractivity contribution in [2.45, 2.75) is 45.6 Å². The number of carbonyl (C=O) groups excluding carboxylic acids is 1. The Labute approximate surface area is 98.1 Å². The van der Waals surface area contributed by atoms with Gasteiger partial charge in [0.05, 0.1) is 12.2 Å². The minimum atomic E-state index is 0.0981. The highest BCUT2D eigenvalue weighted by Gasteiger charge is 2.43. The van der Waals surface area contributed by atoms with Gasteiger partial charge in [0.2, 0.25) is 5.91 Å². The molecule has 2 fully saturated rings. The first-order chi connectivity index (χ1) is 7.52. The second-order valence-electron chi connectivity index (χ2n) is 5.71. The molecule has 1 atom stereocenters. The van der Waals surface area contributed by atoms with E-state index in [-0.39, 0.29) is 11.5 Å². The van der Waals surface area contributed by atoms with E-state index in [2.05, 4.69) is 13.8 Å². The first-order valence-corrected chi connectivity index (χ1v) is 6.42. The molecule has 3 nitrogen and oxygen atoms in total. The number of carbonyl (C=O) groups is 1. The second-order valence-corrected chi connectivity index (χ2v) is 5.71. The maximum atomic E-state index is 11.3. The topological polar surface area (TPSA) is 29.5 Å². The highest BCUT2D eigenvalue weighted by atomic mass is 16.5. The van der Waals surface area contributed by atoms with E-state index in [9.17, 15) is 4.79 Å². The van der Waals surface area contributed by atoms with E-state index in [0.29, 0.717) is 11.8 Å². The molecule has 16 heavy (non-hydrogen) atoms. The summed E-state index contributed by atoms with van der Waals surface area (Å²) in [5.74, 6) is 1.63. The number of likely N-dealkylation sites (tertiary alicyclic amines) is 1. The molecule has 2 aliphatic rings. The van der Waals surface area contributed by atoms with Crippen LogP contribution in [0.5, 0.6) is 0 Å². The number of rotatable bonds is 1. The lowest BCUT2D eigenvalue weighted by atomic mass is 9.82. The molecule has 0 saturated carbocycles. The van der Waals surface area contributed by atoms with Crippen molar-refractivity contribution in [3.05, 3.63) is 0 Å². The molecule has 0 aromatic carbocycles. The van der Waals surface area contributed by atoms with Crippen LogP contribution < -0.4 is 0 Å². The van der Waals surface area contributed by atoms with Gasteiger partial charge in [-0.15, -0.1) is 0 Å². The molecular formula is C13H23NO2. The number of hydrogen-bond donors (Lipinski definition) is 0. The Bertz CT molecular complexity index is 267. The number of hydrogen-bond acceptors (Lipinski definition) is 2. The first kappa shape index (κ1) is 11.9. The lowest BCUT2D eigenvalue weighted by Crippen LogP contribution is -2.45. The van der Waals surface area contributed by atoms with Crippen molar-refractivity contribution in [2.24, 2.45) is 11.8 Å². The number of piperidine rings is 1. The fourth-order valence-corrected chi connectivity index (χ4v) is 2.89. The molecule has 0 aromatic heterocycles. The van der Waals surface area contributed by atoms with Crippen LogP contribution in [-0.2, 0) is 9.53 Å². The zero-order valence-corrected chi connectivity index (χ0v) is 10.7. The summed E-state index contributed by atoms with van der Waals surface area (Å²) in [7, 11) is 0. The van der Waals surface area contributed by atoms with E-state index in [4.69, 9.17) is 4.74 Å². The Morgan fingerprint density at radius 2 is 2.00 bits per heavy atom. The molecule has 0 bridgehead atoms. The van der Waals surface area contributed by atoms with Gasteiger partial charge >= 0.3 is 0 Å². The molecule has 1 amide bonds. The average Bonchev–Trinajstić information content (AvgIpc) is 2.63. The van der Waals surface area contributed by atoms with Crippen molar-refractivity contribution >= 4 is 5.91 Å². The normalized spacial score (nSPS) is 29.0. The SMILES string of the molecule is CC(=O)N1CCC2(CC1)CC(C(C)C)CO2. The zero-order valence-electron chi connectivity index (χ0n) is 10.7. The number of nitrogens with zero attached hydrogens (tertiary/aromatic N) is 1. The molecule has 2 rings (SSSR count). The molecule has 2 aliphatic heterocycles. The molecule has 0 N–H and O–H groups in total. The van der Waals surface area contributed by atoms with Crippen LogP contribution in [0.1, 0.15) is 40.0 Å². The van der Waals surface area contributed by atoms with E-state index < -0.39 is 0 Å². The highest BCUT2D eigenvalue weighted by molar-refractivity contribution is 5.73. The lowest BCUT2D eigenvalue weighted by molar-refractivity contribution is -0.133. The summed E-state index contributed by atoms with van der Waals surface area (Å²) in [6, 6.07) is 0. The monoisotopic (exact) mass is 225 g/mol. The molecule has 0 aliphatic carbocycles. The van der Waals surface area contributed by atoms with E-state index in [1.54, 1.807) is 6.92 Å². The predicted octanol–water partition coefficient (Wildman–Crippen LogP) is 2.06. The van der Waals surface area contributed by atoms with E-state index in [0.717, 1.165) is 32.5 Å². The van der Waals surface area contributed by atoms with Crippen LogP contribution in [0.4, 0.5) is 0 Å². The van der Waals surface area contributed by atoms with Crippen molar-refractivity contribution in [3.63, 3.8) is 0 Å². The lowest BCUT2D eigenvalue weighted by Gasteiger charge is -2.38. The molecule has 0 aromatic rings. The van der Waals surface area contributed by atoms with Gasteiger partial charge in [-0.25, -0.2) is 0 Å². The van der Waals surface area contributed by atoms with Crippen LogP contribution >= 0.6 is 0 Å². The molecule has 2 heterocycles. The van der Waals surface area contributed by atoms with E-state index in [1.165, 1.54) is 6.42 Å². The van der Waals surface area contributed by atoms with Gasteiger partial charge in [-0.2, -0.15) is 0 Å². The number of ether oxygens (including phenoxy) is 1. The van der Waals surface area contributed by atoms with E-state index >= 15 is 0 Å². The summed E-state index contributed by atoms with van der Waals surface area (Å²) in [5, 5.41) is 0. The van der Waals surface area contributed by atoms with Crippen molar-refractivity contribution in [1.82, 2.24) is 4.90 Å². The minimum absolute atomic E-state index is 0.0981. The van der Waals surface area contributed by atoms with Crippen LogP contribution in [0.15, 0.2) is 0 Å². The second kappa shape index (κ2) is 4.36. The van der Waals surface area contributed by atoms with Crippen molar-refractivity contribution < 1.29 is 9.53 Å². The van der Waals surface area contributed by atoms with Gasteiger partial charge in [0.15, 0.2) is 0 Å². The van der Waals surface area contributed by atoms with Crippen LogP contribution in [0.25, 0.3) is 0 Å². The van der Waals surface area contributed by atoms with E-state index in [1.807, 2.05) is 4.90 Å². The van der Waals surface area contributed by atoms with Gasteiger partial charge in [0.25, 0.3) is 0 Å². The maximum Gasteiger partial charge on any atom is 0.219 e. The summed E-state index contributed by atoms with van der Waals surface area (Å²) in [6.45, 7) is 8.87. The van der Waals surface area contributed by atoms with Crippen LogP contribution in [-0.4, -0.2) is 36.1 Å². The Morgan fingerprint density at radius 3 is 2.44 bits per heavy atom. The number of amides is 1. The Hall–Kier alpha value is -0.570. The molecule has 2 saturated heterocycles. The Balaban J connectivity index is 1.91. The van der Waals surface area contributed by atoms with Crippen LogP contribution in [0.3, 0.4) is 0 Å². The Morgan fingerprint density at radius 1 is 1.38 bits per heavy atom. The standard InChI is InChI=1S/C13H23NO2/c1-10(2)12-8-13(16-9-12)4-6-14(7-5-13)11(3)15/h10,12H,4-9H2,1-3H3. The molecule has 3 heteroatoms. The van der Waals surface area contributed by atoms with Gasteiger partial charge in [-0.1, -0.05) is 13.8 Å². The summed E-state index contributed by atoms with van der Waals surface area (Å²) in [5.41, 5.74) is 0.0981. The molecule has 92 valence electrons. The summed E-state index contributed by atoms with van der Waals surface area (Å²) in [4.78, 5) is 13.2. The zero-order chi connectivity index (χ0) is 11.8. The molecule has 1 spiro atoms.